The maximum Gasteiger partial charge on any atom is 0.265 e. The predicted molar refractivity (Wildman–Crippen MR) is 63.0 cm³/mol. The van der Waals surface area contributed by atoms with Crippen molar-refractivity contribution in [1.82, 2.24) is 15.1 Å². The van der Waals surface area contributed by atoms with Gasteiger partial charge in [-0.3, -0.25) is 4.98 Å². The van der Waals surface area contributed by atoms with E-state index in [0.717, 1.165) is 12.3 Å². The number of aromatic nitrogens is 3. The van der Waals surface area contributed by atoms with E-state index in [0.29, 0.717) is 17.8 Å². The van der Waals surface area contributed by atoms with Gasteiger partial charge in [0.15, 0.2) is 0 Å². The molecule has 0 saturated heterocycles. The van der Waals surface area contributed by atoms with Gasteiger partial charge in [0.2, 0.25) is 5.89 Å². The van der Waals surface area contributed by atoms with E-state index in [-0.39, 0.29) is 0 Å². The Bertz CT molecular complexity index is 508. The molecular weight excluding hydrogens is 216 g/mol. The Kier molecular flexibility index (Phi) is 2.31. The summed E-state index contributed by atoms with van der Waals surface area (Å²) >= 11 is 0. The Balaban J connectivity index is 1.76. The van der Waals surface area contributed by atoms with Crippen LogP contribution < -0.4 is 4.90 Å². The van der Waals surface area contributed by atoms with E-state index in [1.165, 1.54) is 5.56 Å². The van der Waals surface area contributed by atoms with Gasteiger partial charge >= 0.3 is 0 Å². The van der Waals surface area contributed by atoms with Gasteiger partial charge in [0, 0.05) is 32.4 Å². The second-order valence-corrected chi connectivity index (χ2v) is 4.56. The molecule has 1 saturated carbocycles. The van der Waals surface area contributed by atoms with Gasteiger partial charge in [-0.1, -0.05) is 6.07 Å². The largest absolute Gasteiger partial charge is 0.344 e. The molecule has 5 nitrogen and oxygen atoms in total. The van der Waals surface area contributed by atoms with E-state index in [2.05, 4.69) is 21.2 Å². The van der Waals surface area contributed by atoms with Gasteiger partial charge in [-0.2, -0.15) is 4.98 Å². The summed E-state index contributed by atoms with van der Waals surface area (Å²) in [4.78, 5) is 10.3. The van der Waals surface area contributed by atoms with Crippen molar-refractivity contribution in [2.45, 2.75) is 18.3 Å². The molecule has 0 amide bonds. The van der Waals surface area contributed by atoms with Crippen LogP contribution in [0.5, 0.6) is 0 Å². The molecule has 0 spiro atoms. The summed E-state index contributed by atoms with van der Waals surface area (Å²) in [6, 6.07) is 4.06. The van der Waals surface area contributed by atoms with Crippen LogP contribution in [0, 0.1) is 0 Å². The highest BCUT2D eigenvalue weighted by atomic mass is 16.5. The zero-order valence-electron chi connectivity index (χ0n) is 9.87. The molecule has 0 N–H and O–H groups in total. The van der Waals surface area contributed by atoms with E-state index >= 15 is 0 Å². The molecule has 2 unspecified atom stereocenters. The number of anilines is 1. The quantitative estimate of drug-likeness (QED) is 0.804. The number of pyridine rings is 1. The molecule has 0 bridgehead atoms. The van der Waals surface area contributed by atoms with Crippen LogP contribution in [0.15, 0.2) is 29.0 Å². The molecule has 2 aromatic heterocycles. The average molecular weight is 230 g/mol. The lowest BCUT2D eigenvalue weighted by molar-refractivity contribution is 0.378. The first kappa shape index (κ1) is 10.3. The Morgan fingerprint density at radius 3 is 2.88 bits per heavy atom. The highest BCUT2D eigenvalue weighted by molar-refractivity contribution is 5.31. The summed E-state index contributed by atoms with van der Waals surface area (Å²) in [6.45, 7) is 0. The minimum atomic E-state index is 0.361. The van der Waals surface area contributed by atoms with Gasteiger partial charge in [-0.25, -0.2) is 0 Å². The standard InChI is InChI=1S/C12H14N4O/c1-16(2)12-14-11(17-15-12)10-6-9(10)8-4-3-5-13-7-8/h3-5,7,9-10H,6H2,1-2H3. The van der Waals surface area contributed by atoms with Gasteiger partial charge in [-0.15, -0.1) is 0 Å². The monoisotopic (exact) mass is 230 g/mol. The first-order chi connectivity index (χ1) is 8.25. The molecule has 2 aromatic rings. The van der Waals surface area contributed by atoms with E-state index in [1.807, 2.05) is 31.3 Å². The van der Waals surface area contributed by atoms with E-state index in [1.54, 1.807) is 6.20 Å². The molecule has 5 heteroatoms. The van der Waals surface area contributed by atoms with Crippen LogP contribution in [0.25, 0.3) is 0 Å². The molecule has 1 aliphatic carbocycles. The van der Waals surface area contributed by atoms with Crippen molar-refractivity contribution in [2.24, 2.45) is 0 Å². The minimum Gasteiger partial charge on any atom is -0.344 e. The first-order valence-electron chi connectivity index (χ1n) is 5.66. The Morgan fingerprint density at radius 1 is 1.35 bits per heavy atom. The number of hydrogen-bond acceptors (Lipinski definition) is 5. The average Bonchev–Trinajstić information content (AvgIpc) is 2.99. The molecule has 17 heavy (non-hydrogen) atoms. The van der Waals surface area contributed by atoms with Crippen molar-refractivity contribution in [2.75, 3.05) is 19.0 Å². The molecule has 1 aliphatic rings. The van der Waals surface area contributed by atoms with E-state index in [4.69, 9.17) is 4.52 Å². The zero-order valence-corrected chi connectivity index (χ0v) is 9.87. The van der Waals surface area contributed by atoms with Crippen LogP contribution in [0.3, 0.4) is 0 Å². The summed E-state index contributed by atoms with van der Waals surface area (Å²) in [5.74, 6) is 2.22. The molecule has 2 heterocycles. The zero-order chi connectivity index (χ0) is 11.8. The van der Waals surface area contributed by atoms with Gasteiger partial charge < -0.3 is 9.42 Å². The van der Waals surface area contributed by atoms with Crippen molar-refractivity contribution >= 4 is 5.95 Å². The molecule has 88 valence electrons. The molecule has 1 fully saturated rings. The van der Waals surface area contributed by atoms with Crippen LogP contribution >= 0.6 is 0 Å². The molecule has 0 aromatic carbocycles. The van der Waals surface area contributed by atoms with Crippen LogP contribution in [0.4, 0.5) is 5.95 Å². The fourth-order valence-corrected chi connectivity index (χ4v) is 1.99. The number of rotatable bonds is 3. The number of nitrogens with zero attached hydrogens (tertiary/aromatic N) is 4. The normalized spacial score (nSPS) is 22.5. The lowest BCUT2D eigenvalue weighted by atomic mass is 10.1. The second kappa shape index (κ2) is 3.84. The van der Waals surface area contributed by atoms with Crippen molar-refractivity contribution in [3.63, 3.8) is 0 Å². The summed E-state index contributed by atoms with van der Waals surface area (Å²) < 4.78 is 5.28. The Labute approximate surface area is 99.5 Å². The van der Waals surface area contributed by atoms with E-state index in [9.17, 15) is 0 Å². The third-order valence-electron chi connectivity index (χ3n) is 3.05. The van der Waals surface area contributed by atoms with E-state index < -0.39 is 0 Å². The molecule has 3 rings (SSSR count). The third kappa shape index (κ3) is 1.88. The van der Waals surface area contributed by atoms with Crippen LogP contribution in [0.2, 0.25) is 0 Å². The molecular formula is C12H14N4O. The highest BCUT2D eigenvalue weighted by Gasteiger charge is 2.43. The third-order valence-corrected chi connectivity index (χ3v) is 3.05. The first-order valence-corrected chi connectivity index (χ1v) is 5.66. The summed E-state index contributed by atoms with van der Waals surface area (Å²) in [5, 5.41) is 3.93. The minimum absolute atomic E-state index is 0.361. The van der Waals surface area contributed by atoms with Gasteiger partial charge in [0.05, 0.1) is 0 Å². The van der Waals surface area contributed by atoms with Gasteiger partial charge in [0.1, 0.15) is 0 Å². The smallest absolute Gasteiger partial charge is 0.265 e. The fourth-order valence-electron chi connectivity index (χ4n) is 1.99. The van der Waals surface area contributed by atoms with Gasteiger partial charge in [-0.05, 0) is 29.1 Å². The number of hydrogen-bond donors (Lipinski definition) is 0. The Hall–Kier alpha value is -1.91. The van der Waals surface area contributed by atoms with Crippen LogP contribution in [0.1, 0.15) is 29.7 Å². The van der Waals surface area contributed by atoms with Crippen molar-refractivity contribution in [1.29, 1.82) is 0 Å². The summed E-state index contributed by atoms with van der Waals surface area (Å²) in [7, 11) is 3.81. The predicted octanol–water partition coefficient (Wildman–Crippen LogP) is 1.80. The topological polar surface area (TPSA) is 55.1 Å². The maximum absolute atomic E-state index is 5.28. The van der Waals surface area contributed by atoms with Crippen molar-refractivity contribution in [3.8, 4) is 0 Å². The van der Waals surface area contributed by atoms with Crippen molar-refractivity contribution in [3.05, 3.63) is 36.0 Å². The maximum atomic E-state index is 5.28. The molecule has 2 atom stereocenters. The van der Waals surface area contributed by atoms with Crippen LogP contribution in [-0.2, 0) is 0 Å². The highest BCUT2D eigenvalue weighted by Crippen LogP contribution is 2.53. The van der Waals surface area contributed by atoms with Crippen molar-refractivity contribution < 1.29 is 4.52 Å². The summed E-state index contributed by atoms with van der Waals surface area (Å²) in [5.41, 5.74) is 1.25. The fraction of sp³-hybridized carbons (Fsp3) is 0.417. The molecule has 0 aliphatic heterocycles. The van der Waals surface area contributed by atoms with Crippen LogP contribution in [-0.4, -0.2) is 29.2 Å². The Morgan fingerprint density at radius 2 is 2.24 bits per heavy atom. The lowest BCUT2D eigenvalue weighted by Crippen LogP contribution is -2.10. The summed E-state index contributed by atoms with van der Waals surface area (Å²) in [6.07, 6.45) is 4.77. The lowest BCUT2D eigenvalue weighted by Gasteiger charge is -2.02. The second-order valence-electron chi connectivity index (χ2n) is 4.56. The molecule has 0 radical (unpaired) electrons. The SMILES string of the molecule is CN(C)c1noc(C2CC2c2cccnc2)n1. The van der Waals surface area contributed by atoms with Gasteiger partial charge in [0.25, 0.3) is 5.95 Å².